The minimum atomic E-state index is -0.0868. The van der Waals surface area contributed by atoms with E-state index < -0.39 is 0 Å². The van der Waals surface area contributed by atoms with Gasteiger partial charge in [0.2, 0.25) is 0 Å². The molecule has 1 aromatic rings. The van der Waals surface area contributed by atoms with Crippen molar-refractivity contribution in [2.75, 3.05) is 13.1 Å². The largest absolute Gasteiger partial charge is 0.312 e. The van der Waals surface area contributed by atoms with Crippen molar-refractivity contribution in [3.63, 3.8) is 0 Å². The molecule has 0 radical (unpaired) electrons. The van der Waals surface area contributed by atoms with Crippen molar-refractivity contribution < 1.29 is 4.39 Å². The van der Waals surface area contributed by atoms with E-state index in [0.717, 1.165) is 31.5 Å². The molecule has 3 heteroatoms. The predicted molar refractivity (Wildman–Crippen MR) is 77.7 cm³/mol. The molecule has 1 heterocycles. The Morgan fingerprint density at radius 3 is 2.32 bits per heavy atom. The fourth-order valence-electron chi connectivity index (χ4n) is 2.88. The third-order valence-electron chi connectivity index (χ3n) is 4.17. The second-order valence-electron chi connectivity index (χ2n) is 5.78. The van der Waals surface area contributed by atoms with Gasteiger partial charge in [-0.2, -0.15) is 0 Å². The van der Waals surface area contributed by atoms with Crippen molar-refractivity contribution in [2.45, 2.75) is 51.7 Å². The highest BCUT2D eigenvalue weighted by Gasteiger charge is 2.22. The molecular formula is C16H25FN2. The zero-order valence-electron chi connectivity index (χ0n) is 12.2. The van der Waals surface area contributed by atoms with Crippen molar-refractivity contribution in [1.29, 1.82) is 0 Å². The SMILES string of the molecule is CC1CCN(C(C)c2ccccc2F)CCC(C)N1. The van der Waals surface area contributed by atoms with Gasteiger partial charge in [-0.05, 0) is 39.7 Å². The lowest BCUT2D eigenvalue weighted by molar-refractivity contribution is 0.169. The summed E-state index contributed by atoms with van der Waals surface area (Å²) in [7, 11) is 0. The average Bonchev–Trinajstić information content (AvgIpc) is 2.36. The molecule has 1 fully saturated rings. The molecule has 0 amide bonds. The van der Waals surface area contributed by atoms with Gasteiger partial charge in [-0.15, -0.1) is 0 Å². The molecule has 0 aromatic heterocycles. The van der Waals surface area contributed by atoms with Crippen molar-refractivity contribution in [3.05, 3.63) is 35.6 Å². The van der Waals surface area contributed by atoms with Gasteiger partial charge in [-0.1, -0.05) is 18.2 Å². The Kier molecular flexibility index (Phi) is 4.94. The van der Waals surface area contributed by atoms with E-state index in [9.17, 15) is 4.39 Å². The summed E-state index contributed by atoms with van der Waals surface area (Å²) >= 11 is 0. The van der Waals surface area contributed by atoms with Gasteiger partial charge in [0.1, 0.15) is 5.82 Å². The second kappa shape index (κ2) is 6.49. The Hall–Kier alpha value is -0.930. The number of rotatable bonds is 2. The van der Waals surface area contributed by atoms with Crippen LogP contribution in [0.4, 0.5) is 4.39 Å². The van der Waals surface area contributed by atoms with Crippen LogP contribution < -0.4 is 5.32 Å². The highest BCUT2D eigenvalue weighted by Crippen LogP contribution is 2.24. The van der Waals surface area contributed by atoms with Gasteiger partial charge in [0.05, 0.1) is 0 Å². The zero-order valence-corrected chi connectivity index (χ0v) is 12.2. The van der Waals surface area contributed by atoms with Gasteiger partial charge in [-0.3, -0.25) is 4.90 Å². The molecule has 1 aliphatic heterocycles. The molecule has 2 nitrogen and oxygen atoms in total. The maximum atomic E-state index is 13.9. The van der Waals surface area contributed by atoms with Gasteiger partial charge in [-0.25, -0.2) is 4.39 Å². The van der Waals surface area contributed by atoms with E-state index in [1.54, 1.807) is 12.1 Å². The van der Waals surface area contributed by atoms with E-state index >= 15 is 0 Å². The van der Waals surface area contributed by atoms with E-state index in [-0.39, 0.29) is 11.9 Å². The average molecular weight is 264 g/mol. The molecule has 2 rings (SSSR count). The van der Waals surface area contributed by atoms with E-state index in [2.05, 4.69) is 31.0 Å². The molecule has 0 saturated carbocycles. The van der Waals surface area contributed by atoms with Crippen LogP contribution >= 0.6 is 0 Å². The van der Waals surface area contributed by atoms with E-state index in [1.807, 2.05) is 12.1 Å². The zero-order chi connectivity index (χ0) is 13.8. The first-order chi connectivity index (χ1) is 9.08. The summed E-state index contributed by atoms with van der Waals surface area (Å²) in [5, 5.41) is 3.59. The highest BCUT2D eigenvalue weighted by atomic mass is 19.1. The molecule has 1 saturated heterocycles. The standard InChI is InChI=1S/C16H25FN2/c1-12-8-10-19(11-9-13(2)18-12)14(3)15-6-4-5-7-16(15)17/h4-7,12-14,18H,8-11H2,1-3H3. The Labute approximate surface area is 116 Å². The van der Waals surface area contributed by atoms with Crippen molar-refractivity contribution in [1.82, 2.24) is 10.2 Å². The maximum absolute atomic E-state index is 13.9. The molecule has 3 unspecified atom stereocenters. The lowest BCUT2D eigenvalue weighted by Gasteiger charge is -2.35. The van der Waals surface area contributed by atoms with Gasteiger partial charge in [0.25, 0.3) is 0 Å². The Morgan fingerprint density at radius 2 is 1.74 bits per heavy atom. The van der Waals surface area contributed by atoms with Crippen LogP contribution in [0, 0.1) is 5.82 Å². The third kappa shape index (κ3) is 3.77. The normalized spacial score (nSPS) is 27.6. The van der Waals surface area contributed by atoms with E-state index in [4.69, 9.17) is 0 Å². The summed E-state index contributed by atoms with van der Waals surface area (Å²) in [6, 6.07) is 8.36. The number of halogens is 1. The third-order valence-corrected chi connectivity index (χ3v) is 4.17. The monoisotopic (exact) mass is 264 g/mol. The molecule has 0 bridgehead atoms. The Morgan fingerprint density at radius 1 is 1.16 bits per heavy atom. The first-order valence-electron chi connectivity index (χ1n) is 7.32. The topological polar surface area (TPSA) is 15.3 Å². The van der Waals surface area contributed by atoms with Crippen molar-refractivity contribution in [3.8, 4) is 0 Å². The lowest BCUT2D eigenvalue weighted by Crippen LogP contribution is -2.43. The minimum Gasteiger partial charge on any atom is -0.312 e. The number of nitrogens with one attached hydrogen (secondary N) is 1. The lowest BCUT2D eigenvalue weighted by atomic mass is 10.0. The van der Waals surface area contributed by atoms with Crippen LogP contribution in [0.2, 0.25) is 0 Å². The Balaban J connectivity index is 2.09. The smallest absolute Gasteiger partial charge is 0.127 e. The first-order valence-corrected chi connectivity index (χ1v) is 7.32. The van der Waals surface area contributed by atoms with E-state index in [1.165, 1.54) is 0 Å². The highest BCUT2D eigenvalue weighted by molar-refractivity contribution is 5.20. The number of nitrogens with zero attached hydrogens (tertiary/aromatic N) is 1. The predicted octanol–water partition coefficient (Wildman–Crippen LogP) is 3.35. The molecule has 19 heavy (non-hydrogen) atoms. The van der Waals surface area contributed by atoms with Crippen molar-refractivity contribution in [2.24, 2.45) is 0 Å². The van der Waals surface area contributed by atoms with Gasteiger partial charge in [0.15, 0.2) is 0 Å². The molecule has 0 aliphatic carbocycles. The summed E-state index contributed by atoms with van der Waals surface area (Å²) in [5.74, 6) is -0.0868. The summed E-state index contributed by atoms with van der Waals surface area (Å²) in [5.41, 5.74) is 0.816. The molecule has 3 atom stereocenters. The van der Waals surface area contributed by atoms with E-state index in [0.29, 0.717) is 12.1 Å². The molecule has 1 aromatic carbocycles. The number of hydrogen-bond acceptors (Lipinski definition) is 2. The van der Waals surface area contributed by atoms with Gasteiger partial charge < -0.3 is 5.32 Å². The van der Waals surface area contributed by atoms with Crippen LogP contribution in [0.1, 0.15) is 45.2 Å². The molecule has 106 valence electrons. The summed E-state index contributed by atoms with van der Waals surface area (Å²) in [6.45, 7) is 8.62. The quantitative estimate of drug-likeness (QED) is 0.881. The summed E-state index contributed by atoms with van der Waals surface area (Å²) in [6.07, 6.45) is 2.23. The van der Waals surface area contributed by atoms with Gasteiger partial charge in [0, 0.05) is 36.8 Å². The second-order valence-corrected chi connectivity index (χ2v) is 5.78. The van der Waals surface area contributed by atoms with Crippen LogP contribution in [0.25, 0.3) is 0 Å². The molecule has 1 aliphatic rings. The fraction of sp³-hybridized carbons (Fsp3) is 0.625. The number of hydrogen-bond donors (Lipinski definition) is 1. The minimum absolute atomic E-state index is 0.0868. The summed E-state index contributed by atoms with van der Waals surface area (Å²) < 4.78 is 13.9. The summed E-state index contributed by atoms with van der Waals surface area (Å²) in [4.78, 5) is 2.41. The number of benzene rings is 1. The van der Waals surface area contributed by atoms with Crippen LogP contribution in [-0.2, 0) is 0 Å². The fourth-order valence-corrected chi connectivity index (χ4v) is 2.88. The molecule has 1 N–H and O–H groups in total. The first kappa shape index (κ1) is 14.5. The maximum Gasteiger partial charge on any atom is 0.127 e. The van der Waals surface area contributed by atoms with Crippen LogP contribution in [-0.4, -0.2) is 30.1 Å². The van der Waals surface area contributed by atoms with Crippen molar-refractivity contribution >= 4 is 0 Å². The van der Waals surface area contributed by atoms with Crippen LogP contribution in [0.15, 0.2) is 24.3 Å². The van der Waals surface area contributed by atoms with Crippen LogP contribution in [0.5, 0.6) is 0 Å². The van der Waals surface area contributed by atoms with Gasteiger partial charge >= 0.3 is 0 Å². The molecule has 0 spiro atoms. The Bertz CT molecular complexity index is 395. The van der Waals surface area contributed by atoms with Crippen LogP contribution in [0.3, 0.4) is 0 Å². The molecular weight excluding hydrogens is 239 g/mol.